The number of carbonyl (C=O) groups excluding carboxylic acids is 1. The third-order valence-corrected chi connectivity index (χ3v) is 4.21. The maximum absolute atomic E-state index is 12.9. The summed E-state index contributed by atoms with van der Waals surface area (Å²) in [6.07, 6.45) is 3.83. The minimum atomic E-state index is -0.138. The van der Waals surface area contributed by atoms with E-state index in [4.69, 9.17) is 9.15 Å². The van der Waals surface area contributed by atoms with Crippen LogP contribution in [0.5, 0.6) is 5.75 Å². The monoisotopic (exact) mass is 324 g/mol. The van der Waals surface area contributed by atoms with E-state index in [1.807, 2.05) is 24.3 Å². The Morgan fingerprint density at radius 2 is 2.17 bits per heavy atom. The molecular formula is C17H16N4O3. The molecule has 7 nitrogen and oxygen atoms in total. The number of aromatic nitrogens is 3. The molecule has 24 heavy (non-hydrogen) atoms. The molecule has 0 fully saturated rings. The lowest BCUT2D eigenvalue weighted by Gasteiger charge is -2.25. The lowest BCUT2D eigenvalue weighted by atomic mass is 10.1. The second-order valence-electron chi connectivity index (χ2n) is 5.61. The molecule has 122 valence electrons. The van der Waals surface area contributed by atoms with Crippen LogP contribution < -0.4 is 4.74 Å². The summed E-state index contributed by atoms with van der Waals surface area (Å²) in [5.41, 5.74) is 3.25. The van der Waals surface area contributed by atoms with E-state index in [1.54, 1.807) is 18.2 Å². The third kappa shape index (κ3) is 2.44. The topological polar surface area (TPSA) is 84.3 Å². The number of H-pyrrole nitrogens is 1. The zero-order valence-electron chi connectivity index (χ0n) is 13.2. The molecule has 7 heteroatoms. The zero-order valence-corrected chi connectivity index (χ0v) is 13.2. The van der Waals surface area contributed by atoms with Crippen molar-refractivity contribution in [3.05, 3.63) is 53.8 Å². The van der Waals surface area contributed by atoms with Crippen molar-refractivity contribution in [3.63, 3.8) is 0 Å². The van der Waals surface area contributed by atoms with Crippen LogP contribution >= 0.6 is 0 Å². The van der Waals surface area contributed by atoms with Gasteiger partial charge in [-0.15, -0.1) is 0 Å². The molecule has 0 unspecified atom stereocenters. The number of amides is 1. The molecule has 1 N–H and O–H groups in total. The summed E-state index contributed by atoms with van der Waals surface area (Å²) in [4.78, 5) is 18.8. The minimum absolute atomic E-state index is 0.138. The molecule has 1 amide bonds. The first kappa shape index (κ1) is 14.5. The van der Waals surface area contributed by atoms with Crippen LogP contribution in [-0.4, -0.2) is 39.6 Å². The van der Waals surface area contributed by atoms with Crippen molar-refractivity contribution in [2.24, 2.45) is 0 Å². The summed E-state index contributed by atoms with van der Waals surface area (Å²) in [7, 11) is 1.61. The van der Waals surface area contributed by atoms with Gasteiger partial charge in [0.05, 0.1) is 13.3 Å². The van der Waals surface area contributed by atoms with Gasteiger partial charge in [-0.05, 0) is 24.3 Å². The fourth-order valence-electron chi connectivity index (χ4n) is 2.89. The Morgan fingerprint density at radius 3 is 2.96 bits per heavy atom. The smallest absolute Gasteiger partial charge is 0.276 e. The van der Waals surface area contributed by atoms with Crippen molar-refractivity contribution in [2.45, 2.75) is 13.0 Å². The standard InChI is InChI=1S/C17H16N4O3/c1-23-13-4-2-11(3-5-13)16-15(18-10-24-16)17(22)21-7-6-14-12(9-21)8-19-20-14/h2-5,8,10H,6-7,9H2,1H3,(H,19,20). The number of nitrogens with zero attached hydrogens (tertiary/aromatic N) is 3. The molecule has 2 aromatic heterocycles. The molecule has 0 radical (unpaired) electrons. The highest BCUT2D eigenvalue weighted by Gasteiger charge is 2.27. The highest BCUT2D eigenvalue weighted by Crippen LogP contribution is 2.27. The molecular weight excluding hydrogens is 308 g/mol. The quantitative estimate of drug-likeness (QED) is 0.799. The Hall–Kier alpha value is -3.09. The SMILES string of the molecule is COc1ccc(-c2ocnc2C(=O)N2CCc3[nH]ncc3C2)cc1. The molecule has 1 aliphatic heterocycles. The van der Waals surface area contributed by atoms with Crippen LogP contribution in [0.2, 0.25) is 0 Å². The van der Waals surface area contributed by atoms with Crippen molar-refractivity contribution >= 4 is 5.91 Å². The van der Waals surface area contributed by atoms with Gasteiger partial charge >= 0.3 is 0 Å². The first-order valence-corrected chi connectivity index (χ1v) is 7.64. The lowest BCUT2D eigenvalue weighted by molar-refractivity contribution is 0.0729. The summed E-state index contributed by atoms with van der Waals surface area (Å²) < 4.78 is 10.6. The van der Waals surface area contributed by atoms with Gasteiger partial charge in [-0.3, -0.25) is 9.89 Å². The number of aromatic amines is 1. The van der Waals surface area contributed by atoms with Gasteiger partial charge in [-0.25, -0.2) is 4.98 Å². The molecule has 0 saturated carbocycles. The van der Waals surface area contributed by atoms with E-state index in [9.17, 15) is 4.79 Å². The Kier molecular flexibility index (Phi) is 3.53. The Labute approximate surface area is 138 Å². The Balaban J connectivity index is 1.61. The van der Waals surface area contributed by atoms with Crippen LogP contribution in [0.25, 0.3) is 11.3 Å². The summed E-state index contributed by atoms with van der Waals surface area (Å²) in [5.74, 6) is 1.08. The van der Waals surface area contributed by atoms with Gasteiger partial charge in [-0.1, -0.05) is 0 Å². The largest absolute Gasteiger partial charge is 0.497 e. The predicted molar refractivity (Wildman–Crippen MR) is 85.5 cm³/mol. The normalized spacial score (nSPS) is 13.6. The van der Waals surface area contributed by atoms with Gasteiger partial charge in [-0.2, -0.15) is 5.10 Å². The van der Waals surface area contributed by atoms with E-state index in [0.717, 1.165) is 29.0 Å². The van der Waals surface area contributed by atoms with Crippen LogP contribution in [0, 0.1) is 0 Å². The average Bonchev–Trinajstić information content (AvgIpc) is 3.29. The van der Waals surface area contributed by atoms with E-state index in [2.05, 4.69) is 15.2 Å². The van der Waals surface area contributed by atoms with Crippen LogP contribution in [0.15, 0.2) is 41.3 Å². The number of fused-ring (bicyclic) bond motifs is 1. The van der Waals surface area contributed by atoms with Crippen molar-refractivity contribution < 1.29 is 13.9 Å². The molecule has 0 atom stereocenters. The van der Waals surface area contributed by atoms with E-state index in [0.29, 0.717) is 24.5 Å². The number of ether oxygens (including phenoxy) is 1. The minimum Gasteiger partial charge on any atom is -0.497 e. The van der Waals surface area contributed by atoms with Crippen LogP contribution in [0.4, 0.5) is 0 Å². The van der Waals surface area contributed by atoms with Crippen molar-refractivity contribution in [1.29, 1.82) is 0 Å². The number of oxazole rings is 1. The summed E-state index contributed by atoms with van der Waals surface area (Å²) in [6, 6.07) is 7.34. The molecule has 4 rings (SSSR count). The first-order valence-electron chi connectivity index (χ1n) is 7.64. The van der Waals surface area contributed by atoms with Crippen molar-refractivity contribution in [1.82, 2.24) is 20.1 Å². The first-order chi connectivity index (χ1) is 11.8. The van der Waals surface area contributed by atoms with Gasteiger partial charge in [0.1, 0.15) is 5.75 Å². The van der Waals surface area contributed by atoms with Crippen LogP contribution in [0.3, 0.4) is 0 Å². The number of rotatable bonds is 3. The molecule has 0 aliphatic carbocycles. The number of hydrogen-bond donors (Lipinski definition) is 1. The number of nitrogens with one attached hydrogen (secondary N) is 1. The molecule has 0 bridgehead atoms. The van der Waals surface area contributed by atoms with Gasteiger partial charge in [0.2, 0.25) is 0 Å². The highest BCUT2D eigenvalue weighted by atomic mass is 16.5. The second kappa shape index (κ2) is 5.84. The van der Waals surface area contributed by atoms with Crippen LogP contribution in [0.1, 0.15) is 21.7 Å². The molecule has 1 aliphatic rings. The fourth-order valence-corrected chi connectivity index (χ4v) is 2.89. The predicted octanol–water partition coefficient (Wildman–Crippen LogP) is 2.27. The number of hydrogen-bond acceptors (Lipinski definition) is 5. The van der Waals surface area contributed by atoms with E-state index in [1.165, 1.54) is 6.39 Å². The lowest BCUT2D eigenvalue weighted by Crippen LogP contribution is -2.36. The number of methoxy groups -OCH3 is 1. The van der Waals surface area contributed by atoms with Crippen LogP contribution in [-0.2, 0) is 13.0 Å². The van der Waals surface area contributed by atoms with Crippen molar-refractivity contribution in [3.8, 4) is 17.1 Å². The van der Waals surface area contributed by atoms with E-state index in [-0.39, 0.29) is 5.91 Å². The fraction of sp³-hybridized carbons (Fsp3) is 0.235. The molecule has 0 spiro atoms. The maximum atomic E-state index is 12.9. The van der Waals surface area contributed by atoms with Gasteiger partial charge < -0.3 is 14.1 Å². The van der Waals surface area contributed by atoms with Gasteiger partial charge in [0.25, 0.3) is 5.91 Å². The Morgan fingerprint density at radius 1 is 1.33 bits per heavy atom. The van der Waals surface area contributed by atoms with Gasteiger partial charge in [0, 0.05) is 36.3 Å². The average molecular weight is 324 g/mol. The van der Waals surface area contributed by atoms with E-state index < -0.39 is 0 Å². The summed E-state index contributed by atoms with van der Waals surface area (Å²) in [5, 5.41) is 7.00. The van der Waals surface area contributed by atoms with E-state index >= 15 is 0 Å². The highest BCUT2D eigenvalue weighted by molar-refractivity contribution is 5.97. The van der Waals surface area contributed by atoms with Gasteiger partial charge in [0.15, 0.2) is 17.8 Å². The zero-order chi connectivity index (χ0) is 16.5. The molecule has 1 aromatic carbocycles. The number of carbonyl (C=O) groups is 1. The molecule has 0 saturated heterocycles. The summed E-state index contributed by atoms with van der Waals surface area (Å²) >= 11 is 0. The number of benzene rings is 1. The second-order valence-corrected chi connectivity index (χ2v) is 5.61. The molecule has 3 heterocycles. The summed E-state index contributed by atoms with van der Waals surface area (Å²) in [6.45, 7) is 1.16. The molecule has 3 aromatic rings. The van der Waals surface area contributed by atoms with Crippen molar-refractivity contribution in [2.75, 3.05) is 13.7 Å². The maximum Gasteiger partial charge on any atom is 0.276 e. The Bertz CT molecular complexity index is 866. The third-order valence-electron chi connectivity index (χ3n) is 4.21.